The number of nitrogens with one attached hydrogen (secondary N) is 1. The van der Waals surface area contributed by atoms with Crippen LogP contribution in [0.15, 0.2) is 0 Å². The fourth-order valence-electron chi connectivity index (χ4n) is 3.96. The first-order valence-electron chi connectivity index (χ1n) is 8.64. The van der Waals surface area contributed by atoms with Crippen molar-refractivity contribution in [3.63, 3.8) is 0 Å². The minimum atomic E-state index is -0.295. The molecule has 3 aliphatic heterocycles. The average Bonchev–Trinajstić information content (AvgIpc) is 2.94. The zero-order chi connectivity index (χ0) is 15.5. The molecular formula is C16H29N3O3. The van der Waals surface area contributed by atoms with Gasteiger partial charge in [-0.2, -0.15) is 0 Å². The Kier molecular flexibility index (Phi) is 5.33. The lowest BCUT2D eigenvalue weighted by molar-refractivity contribution is -0.146. The summed E-state index contributed by atoms with van der Waals surface area (Å²) in [5.74, 6) is 0.170. The van der Waals surface area contributed by atoms with Gasteiger partial charge in [-0.1, -0.05) is 0 Å². The van der Waals surface area contributed by atoms with E-state index in [1.807, 2.05) is 0 Å². The molecular weight excluding hydrogens is 282 g/mol. The molecule has 0 unspecified atom stereocenters. The second kappa shape index (κ2) is 7.25. The Bertz CT molecular complexity index is 377. The van der Waals surface area contributed by atoms with Crippen molar-refractivity contribution in [3.8, 4) is 0 Å². The second-order valence-corrected chi connectivity index (χ2v) is 6.87. The summed E-state index contributed by atoms with van der Waals surface area (Å²) in [5, 5.41) is 3.25. The predicted molar refractivity (Wildman–Crippen MR) is 83.8 cm³/mol. The van der Waals surface area contributed by atoms with E-state index in [1.54, 1.807) is 0 Å². The molecule has 6 heteroatoms. The summed E-state index contributed by atoms with van der Waals surface area (Å²) in [7, 11) is 0. The summed E-state index contributed by atoms with van der Waals surface area (Å²) in [6, 6.07) is 0.329. The quantitative estimate of drug-likeness (QED) is 0.800. The van der Waals surface area contributed by atoms with Crippen molar-refractivity contribution in [2.24, 2.45) is 0 Å². The third kappa shape index (κ3) is 3.79. The van der Waals surface area contributed by atoms with Gasteiger partial charge in [-0.25, -0.2) is 0 Å². The number of likely N-dealkylation sites (tertiary alicyclic amines) is 1. The number of ether oxygens (including phenoxy) is 2. The van der Waals surface area contributed by atoms with Crippen LogP contribution in [0.2, 0.25) is 0 Å². The minimum Gasteiger partial charge on any atom is -0.373 e. The Balaban J connectivity index is 1.57. The van der Waals surface area contributed by atoms with Gasteiger partial charge in [0.15, 0.2) is 0 Å². The Labute approximate surface area is 133 Å². The third-order valence-corrected chi connectivity index (χ3v) is 4.83. The number of carbonyl (C=O) groups is 1. The summed E-state index contributed by atoms with van der Waals surface area (Å²) in [4.78, 5) is 17.2. The van der Waals surface area contributed by atoms with Crippen molar-refractivity contribution in [1.82, 2.24) is 15.1 Å². The van der Waals surface area contributed by atoms with Crippen LogP contribution < -0.4 is 5.32 Å². The molecule has 3 aliphatic rings. The van der Waals surface area contributed by atoms with Gasteiger partial charge in [0.2, 0.25) is 0 Å². The van der Waals surface area contributed by atoms with Crippen molar-refractivity contribution in [3.05, 3.63) is 0 Å². The third-order valence-electron chi connectivity index (χ3n) is 4.83. The van der Waals surface area contributed by atoms with Gasteiger partial charge >= 0.3 is 0 Å². The monoisotopic (exact) mass is 311 g/mol. The lowest BCUT2D eigenvalue weighted by Crippen LogP contribution is -2.54. The van der Waals surface area contributed by atoms with Crippen LogP contribution in [0.5, 0.6) is 0 Å². The highest BCUT2D eigenvalue weighted by Crippen LogP contribution is 2.22. The smallest absolute Gasteiger partial charge is 0.253 e. The molecule has 0 aromatic carbocycles. The minimum absolute atomic E-state index is 0.170. The van der Waals surface area contributed by atoms with Gasteiger partial charge in [0, 0.05) is 45.3 Å². The topological polar surface area (TPSA) is 54.0 Å². The molecule has 126 valence electrons. The molecule has 0 spiro atoms. The lowest BCUT2D eigenvalue weighted by atomic mass is 10.1. The maximum absolute atomic E-state index is 12.7. The molecule has 0 radical (unpaired) electrons. The number of morpholine rings is 2. The van der Waals surface area contributed by atoms with Crippen LogP contribution >= 0.6 is 0 Å². The highest BCUT2D eigenvalue weighted by Gasteiger charge is 2.36. The molecule has 1 amide bonds. The van der Waals surface area contributed by atoms with E-state index >= 15 is 0 Å². The van der Waals surface area contributed by atoms with Crippen LogP contribution in [0.3, 0.4) is 0 Å². The summed E-state index contributed by atoms with van der Waals surface area (Å²) < 4.78 is 11.4. The summed E-state index contributed by atoms with van der Waals surface area (Å²) in [6.07, 6.45) is 2.47. The first kappa shape index (κ1) is 16.2. The first-order valence-corrected chi connectivity index (χ1v) is 8.64. The molecule has 0 aliphatic carbocycles. The molecule has 3 heterocycles. The first-order chi connectivity index (χ1) is 10.6. The Morgan fingerprint density at radius 2 is 2.05 bits per heavy atom. The highest BCUT2D eigenvalue weighted by atomic mass is 16.5. The molecule has 22 heavy (non-hydrogen) atoms. The van der Waals surface area contributed by atoms with E-state index in [4.69, 9.17) is 9.47 Å². The largest absolute Gasteiger partial charge is 0.373 e. The van der Waals surface area contributed by atoms with E-state index in [1.165, 1.54) is 0 Å². The molecule has 0 saturated carbocycles. The van der Waals surface area contributed by atoms with Crippen LogP contribution in [-0.4, -0.2) is 85.9 Å². The Morgan fingerprint density at radius 3 is 2.73 bits per heavy atom. The van der Waals surface area contributed by atoms with E-state index in [9.17, 15) is 4.79 Å². The van der Waals surface area contributed by atoms with Crippen LogP contribution in [-0.2, 0) is 14.3 Å². The Morgan fingerprint density at radius 1 is 1.27 bits per heavy atom. The zero-order valence-electron chi connectivity index (χ0n) is 13.8. The molecule has 4 atom stereocenters. The maximum Gasteiger partial charge on any atom is 0.253 e. The van der Waals surface area contributed by atoms with Crippen molar-refractivity contribution in [1.29, 1.82) is 0 Å². The molecule has 3 fully saturated rings. The molecule has 0 aromatic heterocycles. The van der Waals surface area contributed by atoms with Crippen LogP contribution in [0.4, 0.5) is 0 Å². The number of hydrogen-bond acceptors (Lipinski definition) is 5. The van der Waals surface area contributed by atoms with Gasteiger partial charge in [-0.05, 0) is 26.7 Å². The zero-order valence-corrected chi connectivity index (χ0v) is 13.8. The maximum atomic E-state index is 12.7. The molecule has 1 N–H and O–H groups in total. The van der Waals surface area contributed by atoms with Gasteiger partial charge in [0.1, 0.15) is 6.10 Å². The molecule has 6 nitrogen and oxygen atoms in total. The fraction of sp³-hybridized carbons (Fsp3) is 0.938. The number of carbonyl (C=O) groups excluding carboxylic acids is 1. The van der Waals surface area contributed by atoms with Crippen LogP contribution in [0.1, 0.15) is 26.7 Å². The van der Waals surface area contributed by atoms with Crippen molar-refractivity contribution in [2.75, 3.05) is 45.9 Å². The van der Waals surface area contributed by atoms with Crippen molar-refractivity contribution >= 4 is 5.91 Å². The summed E-state index contributed by atoms with van der Waals surface area (Å²) in [6.45, 7) is 10.1. The predicted octanol–water partition coefficient (Wildman–Crippen LogP) is 0.0750. The Hall–Kier alpha value is -0.690. The van der Waals surface area contributed by atoms with Crippen LogP contribution in [0, 0.1) is 0 Å². The highest BCUT2D eigenvalue weighted by molar-refractivity contribution is 5.82. The number of rotatable bonds is 3. The normalized spacial score (nSPS) is 37.5. The molecule has 0 bridgehead atoms. The van der Waals surface area contributed by atoms with Crippen LogP contribution in [0.25, 0.3) is 0 Å². The SMILES string of the molecule is C[C@@H]1CN(C[C@@H]2CCCN2C(=O)[C@@H]2CNCCO2)C[C@H](C)O1. The van der Waals surface area contributed by atoms with Gasteiger partial charge < -0.3 is 19.7 Å². The number of amides is 1. The molecule has 0 aromatic rings. The van der Waals surface area contributed by atoms with E-state index in [0.717, 1.165) is 45.6 Å². The van der Waals surface area contributed by atoms with E-state index in [0.29, 0.717) is 19.2 Å². The van der Waals surface area contributed by atoms with Crippen molar-refractivity contribution in [2.45, 2.75) is 51.0 Å². The van der Waals surface area contributed by atoms with Gasteiger partial charge in [-0.3, -0.25) is 9.69 Å². The van der Waals surface area contributed by atoms with Crippen molar-refractivity contribution < 1.29 is 14.3 Å². The van der Waals surface area contributed by atoms with E-state index < -0.39 is 0 Å². The summed E-state index contributed by atoms with van der Waals surface area (Å²) >= 11 is 0. The van der Waals surface area contributed by atoms with E-state index in [2.05, 4.69) is 29.0 Å². The number of hydrogen-bond donors (Lipinski definition) is 1. The second-order valence-electron chi connectivity index (χ2n) is 6.87. The molecule has 3 rings (SSSR count). The van der Waals surface area contributed by atoms with Gasteiger partial charge in [0.25, 0.3) is 5.91 Å². The average molecular weight is 311 g/mol. The fourth-order valence-corrected chi connectivity index (χ4v) is 3.96. The lowest BCUT2D eigenvalue weighted by Gasteiger charge is -2.39. The van der Waals surface area contributed by atoms with Gasteiger partial charge in [-0.15, -0.1) is 0 Å². The van der Waals surface area contributed by atoms with Gasteiger partial charge in [0.05, 0.1) is 18.8 Å². The number of nitrogens with zero attached hydrogens (tertiary/aromatic N) is 2. The van der Waals surface area contributed by atoms with E-state index in [-0.39, 0.29) is 24.2 Å². The summed E-state index contributed by atoms with van der Waals surface area (Å²) in [5.41, 5.74) is 0. The standard InChI is InChI=1S/C16H29N3O3/c1-12-9-18(10-13(2)22-12)11-14-4-3-6-19(14)16(20)15-8-17-5-7-21-15/h12-15,17H,3-11H2,1-2H3/t12-,13+,14-,15-/m0/s1. The molecule has 3 saturated heterocycles.